The normalized spacial score (nSPS) is 15.0. The van der Waals surface area contributed by atoms with Crippen molar-refractivity contribution in [1.82, 2.24) is 24.1 Å². The molecule has 0 aliphatic carbocycles. The molecule has 3 heterocycles. The van der Waals surface area contributed by atoms with Crippen LogP contribution >= 0.6 is 0 Å². The molecular formula is C17H23N5O4S. The third-order valence-corrected chi connectivity index (χ3v) is 6.24. The maximum Gasteiger partial charge on any atom is 0.281 e. The molecule has 0 unspecified atom stereocenters. The quantitative estimate of drug-likeness (QED) is 0.761. The Morgan fingerprint density at radius 2 is 2.15 bits per heavy atom. The Labute approximate surface area is 158 Å². The van der Waals surface area contributed by atoms with E-state index in [-0.39, 0.29) is 18.9 Å². The molecule has 0 spiro atoms. The molecule has 2 aromatic heterocycles. The van der Waals surface area contributed by atoms with E-state index in [1.165, 1.54) is 22.7 Å². The van der Waals surface area contributed by atoms with Crippen LogP contribution in [0.15, 0.2) is 22.9 Å². The molecule has 0 fully saturated rings. The number of pyridine rings is 1. The number of nitrogens with zero attached hydrogens (tertiary/aromatic N) is 4. The molecule has 0 saturated heterocycles. The lowest BCUT2D eigenvalue weighted by molar-refractivity contribution is -0.120. The van der Waals surface area contributed by atoms with Gasteiger partial charge in [0.2, 0.25) is 5.91 Å². The van der Waals surface area contributed by atoms with Crippen LogP contribution in [-0.4, -0.2) is 53.7 Å². The number of nitrogens with one attached hydrogen (secondary N) is 1. The Hall–Kier alpha value is -2.30. The minimum Gasteiger partial charge on any atom is -0.361 e. The number of carbonyl (C=O) groups excluding carboxylic acids is 1. The smallest absolute Gasteiger partial charge is 0.281 e. The van der Waals surface area contributed by atoms with Crippen LogP contribution in [0, 0.1) is 6.92 Å². The van der Waals surface area contributed by atoms with E-state index in [0.29, 0.717) is 25.3 Å². The first-order valence-corrected chi connectivity index (χ1v) is 9.98. The Balaban J connectivity index is 1.63. The number of hydrogen-bond acceptors (Lipinski definition) is 6. The fraction of sp³-hybridized carbons (Fsp3) is 0.471. The highest BCUT2D eigenvalue weighted by atomic mass is 32.2. The molecule has 10 heteroatoms. The van der Waals surface area contributed by atoms with Crippen LogP contribution in [-0.2, 0) is 40.9 Å². The number of hydrogen-bond donors (Lipinski definition) is 1. The number of aryl methyl sites for hydroxylation is 1. The van der Waals surface area contributed by atoms with E-state index >= 15 is 0 Å². The second-order valence-electron chi connectivity index (χ2n) is 6.71. The third-order valence-electron chi connectivity index (χ3n) is 4.35. The van der Waals surface area contributed by atoms with Crippen molar-refractivity contribution in [2.75, 3.05) is 20.6 Å². The van der Waals surface area contributed by atoms with Crippen LogP contribution in [0.2, 0.25) is 0 Å². The summed E-state index contributed by atoms with van der Waals surface area (Å²) in [6.07, 6.45) is 2.40. The zero-order valence-electron chi connectivity index (χ0n) is 15.6. The summed E-state index contributed by atoms with van der Waals surface area (Å²) in [6, 6.07) is 3.62. The minimum absolute atomic E-state index is 0.119. The molecule has 0 saturated carbocycles. The first-order valence-electron chi connectivity index (χ1n) is 8.59. The highest BCUT2D eigenvalue weighted by molar-refractivity contribution is 7.86. The molecule has 0 atom stereocenters. The lowest BCUT2D eigenvalue weighted by atomic mass is 10.1. The highest BCUT2D eigenvalue weighted by Gasteiger charge is 2.29. The second-order valence-corrected chi connectivity index (χ2v) is 8.85. The second kappa shape index (κ2) is 7.75. The topological polar surface area (TPSA) is 109 Å². The first kappa shape index (κ1) is 19.5. The van der Waals surface area contributed by atoms with Gasteiger partial charge in [-0.05, 0) is 24.1 Å². The van der Waals surface area contributed by atoms with E-state index in [1.54, 1.807) is 19.2 Å². The maximum atomic E-state index is 12.3. The molecule has 3 rings (SSSR count). The van der Waals surface area contributed by atoms with Gasteiger partial charge in [-0.1, -0.05) is 5.16 Å². The fourth-order valence-corrected chi connectivity index (χ4v) is 3.98. The van der Waals surface area contributed by atoms with Crippen LogP contribution in [0.5, 0.6) is 0 Å². The van der Waals surface area contributed by atoms with E-state index in [1.807, 2.05) is 6.07 Å². The molecule has 0 radical (unpaired) electrons. The van der Waals surface area contributed by atoms with Crippen LogP contribution in [0.1, 0.15) is 28.3 Å². The molecule has 146 valence electrons. The Morgan fingerprint density at radius 3 is 2.81 bits per heavy atom. The zero-order valence-corrected chi connectivity index (χ0v) is 16.4. The summed E-state index contributed by atoms with van der Waals surface area (Å²) in [5.41, 5.74) is 3.31. The van der Waals surface area contributed by atoms with Crippen LogP contribution in [0.4, 0.5) is 0 Å². The van der Waals surface area contributed by atoms with E-state index in [0.717, 1.165) is 22.5 Å². The van der Waals surface area contributed by atoms with Gasteiger partial charge in [0.15, 0.2) is 0 Å². The molecule has 0 bridgehead atoms. The van der Waals surface area contributed by atoms with E-state index < -0.39 is 10.2 Å². The van der Waals surface area contributed by atoms with Gasteiger partial charge in [-0.15, -0.1) is 0 Å². The van der Waals surface area contributed by atoms with Gasteiger partial charge in [0, 0.05) is 58.1 Å². The Kier molecular flexibility index (Phi) is 5.59. The molecule has 0 aromatic carbocycles. The molecule has 9 nitrogen and oxygen atoms in total. The van der Waals surface area contributed by atoms with Crippen molar-refractivity contribution in [3.05, 3.63) is 46.6 Å². The lowest BCUT2D eigenvalue weighted by Crippen LogP contribution is -2.43. The fourth-order valence-electron chi connectivity index (χ4n) is 2.90. The summed E-state index contributed by atoms with van der Waals surface area (Å²) in [5.74, 6) is 0.332. The summed E-state index contributed by atoms with van der Waals surface area (Å²) in [4.78, 5) is 16.5. The standard InChI is InChI=1S/C17H23N5O4S/c1-12-6-15(26-20-12)8-17(23)19-10-13-7-14-11-22(27(24,25)21(2)3)5-4-16(14)18-9-13/h6-7,9H,4-5,8,10-11H2,1-3H3,(H,19,23). The van der Waals surface area contributed by atoms with Crippen molar-refractivity contribution >= 4 is 16.1 Å². The summed E-state index contributed by atoms with van der Waals surface area (Å²) in [7, 11) is -0.423. The largest absolute Gasteiger partial charge is 0.361 e. The predicted octanol–water partition coefficient (Wildman–Crippen LogP) is 0.401. The van der Waals surface area contributed by atoms with Crippen molar-refractivity contribution in [1.29, 1.82) is 0 Å². The maximum absolute atomic E-state index is 12.3. The van der Waals surface area contributed by atoms with Crippen molar-refractivity contribution in [2.45, 2.75) is 32.9 Å². The average Bonchev–Trinajstić information content (AvgIpc) is 3.03. The predicted molar refractivity (Wildman–Crippen MR) is 97.7 cm³/mol. The van der Waals surface area contributed by atoms with Gasteiger partial charge in [-0.3, -0.25) is 9.78 Å². The van der Waals surface area contributed by atoms with E-state index in [2.05, 4.69) is 15.5 Å². The highest BCUT2D eigenvalue weighted by Crippen LogP contribution is 2.21. The molecule has 1 aliphatic rings. The summed E-state index contributed by atoms with van der Waals surface area (Å²) >= 11 is 0. The van der Waals surface area contributed by atoms with Gasteiger partial charge in [-0.2, -0.15) is 17.0 Å². The van der Waals surface area contributed by atoms with Gasteiger partial charge in [0.25, 0.3) is 10.2 Å². The molecule has 1 N–H and O–H groups in total. The number of aromatic nitrogens is 2. The number of fused-ring (bicyclic) bond motifs is 1. The summed E-state index contributed by atoms with van der Waals surface area (Å²) < 4.78 is 32.3. The van der Waals surface area contributed by atoms with Gasteiger partial charge >= 0.3 is 0 Å². The van der Waals surface area contributed by atoms with E-state index in [4.69, 9.17) is 4.52 Å². The third kappa shape index (κ3) is 4.52. The van der Waals surface area contributed by atoms with Crippen molar-refractivity contribution in [3.63, 3.8) is 0 Å². The van der Waals surface area contributed by atoms with Crippen LogP contribution in [0.3, 0.4) is 0 Å². The summed E-state index contributed by atoms with van der Waals surface area (Å²) in [6.45, 7) is 2.80. The first-order chi connectivity index (χ1) is 12.8. The van der Waals surface area contributed by atoms with Gasteiger partial charge in [0.05, 0.1) is 12.1 Å². The van der Waals surface area contributed by atoms with Gasteiger partial charge in [0.1, 0.15) is 5.76 Å². The lowest BCUT2D eigenvalue weighted by Gasteiger charge is -2.29. The molecule has 1 amide bonds. The Morgan fingerprint density at radius 1 is 1.37 bits per heavy atom. The minimum atomic E-state index is -3.46. The SMILES string of the molecule is Cc1cc(CC(=O)NCc2cnc3c(c2)CN(S(=O)(=O)N(C)C)CC3)on1. The molecule has 2 aromatic rings. The average molecular weight is 393 g/mol. The number of rotatable bonds is 6. The number of carbonyl (C=O) groups is 1. The molecular weight excluding hydrogens is 370 g/mol. The zero-order chi connectivity index (χ0) is 19.6. The van der Waals surface area contributed by atoms with Crippen LogP contribution in [0.25, 0.3) is 0 Å². The monoisotopic (exact) mass is 393 g/mol. The Bertz CT molecular complexity index is 939. The van der Waals surface area contributed by atoms with Gasteiger partial charge < -0.3 is 9.84 Å². The van der Waals surface area contributed by atoms with Crippen LogP contribution < -0.4 is 5.32 Å². The van der Waals surface area contributed by atoms with Crippen molar-refractivity contribution < 1.29 is 17.7 Å². The summed E-state index contributed by atoms with van der Waals surface area (Å²) in [5, 5.41) is 6.57. The number of amides is 1. The molecule has 1 aliphatic heterocycles. The van der Waals surface area contributed by atoms with Crippen molar-refractivity contribution in [2.24, 2.45) is 0 Å². The van der Waals surface area contributed by atoms with Crippen molar-refractivity contribution in [3.8, 4) is 0 Å². The van der Waals surface area contributed by atoms with E-state index in [9.17, 15) is 13.2 Å². The molecule has 27 heavy (non-hydrogen) atoms. The van der Waals surface area contributed by atoms with Gasteiger partial charge in [-0.25, -0.2) is 0 Å².